The smallest absolute Gasteiger partial charge is 0.181 e. The molecule has 0 bridgehead atoms. The van der Waals surface area contributed by atoms with Crippen LogP contribution in [0.1, 0.15) is 5.69 Å². The van der Waals surface area contributed by atoms with Crippen molar-refractivity contribution in [2.24, 2.45) is 0 Å². The van der Waals surface area contributed by atoms with Crippen LogP contribution < -0.4 is 0 Å². The number of H-pyrrole nitrogens is 1. The maximum Gasteiger partial charge on any atom is 0.181 e. The van der Waals surface area contributed by atoms with Crippen molar-refractivity contribution in [3.05, 3.63) is 48.7 Å². The van der Waals surface area contributed by atoms with Crippen LogP contribution >= 0.6 is 0 Å². The number of aromatic nitrogens is 3. The summed E-state index contributed by atoms with van der Waals surface area (Å²) in [5, 5.41) is 9.43. The van der Waals surface area contributed by atoms with Gasteiger partial charge in [-0.05, 0) is 12.1 Å². The van der Waals surface area contributed by atoms with Gasteiger partial charge in [-0.2, -0.15) is 5.10 Å². The molecule has 0 aliphatic rings. The molecule has 0 radical (unpaired) electrons. The van der Waals surface area contributed by atoms with Gasteiger partial charge < -0.3 is 0 Å². The lowest BCUT2D eigenvalue weighted by atomic mass is 10.1. The molecule has 0 atom stereocenters. The van der Waals surface area contributed by atoms with Crippen LogP contribution in [0.5, 0.6) is 0 Å². The molecule has 16 heavy (non-hydrogen) atoms. The van der Waals surface area contributed by atoms with Crippen molar-refractivity contribution in [2.45, 2.75) is 6.42 Å². The van der Waals surface area contributed by atoms with E-state index in [4.69, 9.17) is 0 Å². The zero-order valence-corrected chi connectivity index (χ0v) is 8.77. The molecule has 3 aromatic rings. The number of pyridine rings is 1. The van der Waals surface area contributed by atoms with E-state index < -0.39 is 0 Å². The van der Waals surface area contributed by atoms with E-state index in [2.05, 4.69) is 33.9 Å². The lowest BCUT2D eigenvalue weighted by Crippen LogP contribution is -1.82. The normalized spacial score (nSPS) is 11.0. The number of nitrogens with zero attached hydrogens (tertiary/aromatic N) is 2. The van der Waals surface area contributed by atoms with Gasteiger partial charge in [0.1, 0.15) is 0 Å². The van der Waals surface area contributed by atoms with Gasteiger partial charge in [-0.15, -0.1) is 6.58 Å². The number of benzene rings is 1. The van der Waals surface area contributed by atoms with Crippen molar-refractivity contribution in [1.82, 2.24) is 15.2 Å². The molecule has 3 rings (SSSR count). The topological polar surface area (TPSA) is 41.6 Å². The standard InChI is InChI=1S/C13H11N3/c1-2-5-12-10-8-9-6-3-4-7-11(9)14-13(10)16-15-12/h2-4,6-8H,1,5H2,(H,14,15,16). The second-order valence-electron chi connectivity index (χ2n) is 3.75. The van der Waals surface area contributed by atoms with Crippen molar-refractivity contribution in [3.63, 3.8) is 0 Å². The Labute approximate surface area is 92.8 Å². The lowest BCUT2D eigenvalue weighted by Gasteiger charge is -1.97. The molecule has 2 aromatic heterocycles. The number of aromatic amines is 1. The third-order valence-electron chi connectivity index (χ3n) is 2.67. The van der Waals surface area contributed by atoms with E-state index in [1.54, 1.807) is 0 Å². The fraction of sp³-hybridized carbons (Fsp3) is 0.0769. The van der Waals surface area contributed by atoms with Crippen molar-refractivity contribution in [1.29, 1.82) is 0 Å². The highest BCUT2D eigenvalue weighted by Crippen LogP contribution is 2.20. The SMILES string of the molecule is C=CCc1[nH]nc2nc3ccccc3cc12. The fourth-order valence-electron chi connectivity index (χ4n) is 1.89. The van der Waals surface area contributed by atoms with E-state index in [1.807, 2.05) is 24.3 Å². The summed E-state index contributed by atoms with van der Waals surface area (Å²) in [7, 11) is 0. The first-order valence-electron chi connectivity index (χ1n) is 5.22. The van der Waals surface area contributed by atoms with Crippen LogP contribution in [0.4, 0.5) is 0 Å². The number of nitrogens with one attached hydrogen (secondary N) is 1. The quantitative estimate of drug-likeness (QED) is 0.659. The van der Waals surface area contributed by atoms with Gasteiger partial charge in [0.05, 0.1) is 5.52 Å². The van der Waals surface area contributed by atoms with Crippen molar-refractivity contribution in [3.8, 4) is 0 Å². The molecular weight excluding hydrogens is 198 g/mol. The number of rotatable bonds is 2. The van der Waals surface area contributed by atoms with Gasteiger partial charge in [0.2, 0.25) is 0 Å². The summed E-state index contributed by atoms with van der Waals surface area (Å²) in [4.78, 5) is 4.50. The van der Waals surface area contributed by atoms with E-state index in [9.17, 15) is 0 Å². The number of fused-ring (bicyclic) bond motifs is 2. The predicted octanol–water partition coefficient (Wildman–Crippen LogP) is 2.84. The molecule has 3 nitrogen and oxygen atoms in total. The predicted molar refractivity (Wildman–Crippen MR) is 65.3 cm³/mol. The van der Waals surface area contributed by atoms with Crippen molar-refractivity contribution < 1.29 is 0 Å². The van der Waals surface area contributed by atoms with E-state index in [1.165, 1.54) is 0 Å². The van der Waals surface area contributed by atoms with E-state index in [0.29, 0.717) is 0 Å². The molecule has 0 amide bonds. The second kappa shape index (κ2) is 3.45. The van der Waals surface area contributed by atoms with Crippen molar-refractivity contribution in [2.75, 3.05) is 0 Å². The minimum Gasteiger partial charge on any atom is -0.279 e. The number of allylic oxidation sites excluding steroid dienone is 1. The van der Waals surface area contributed by atoms with Gasteiger partial charge in [0.15, 0.2) is 5.65 Å². The summed E-state index contributed by atoms with van der Waals surface area (Å²) >= 11 is 0. The Kier molecular flexibility index (Phi) is 1.96. The first-order chi connectivity index (χ1) is 7.88. The molecule has 0 fully saturated rings. The molecule has 1 aromatic carbocycles. The Morgan fingerprint density at radius 1 is 1.31 bits per heavy atom. The third kappa shape index (κ3) is 1.29. The molecule has 0 aliphatic carbocycles. The highest BCUT2D eigenvalue weighted by atomic mass is 15.1. The average Bonchev–Trinajstić information content (AvgIpc) is 2.70. The summed E-state index contributed by atoms with van der Waals surface area (Å²) < 4.78 is 0. The Morgan fingerprint density at radius 3 is 3.06 bits per heavy atom. The van der Waals surface area contributed by atoms with Gasteiger partial charge in [-0.3, -0.25) is 5.10 Å². The van der Waals surface area contributed by atoms with Crippen LogP contribution in [0.3, 0.4) is 0 Å². The highest BCUT2D eigenvalue weighted by molar-refractivity contribution is 5.92. The van der Waals surface area contributed by atoms with E-state index >= 15 is 0 Å². The number of para-hydroxylation sites is 1. The molecular formula is C13H11N3. The Morgan fingerprint density at radius 2 is 2.19 bits per heavy atom. The van der Waals surface area contributed by atoms with E-state index in [0.717, 1.165) is 34.1 Å². The second-order valence-corrected chi connectivity index (χ2v) is 3.75. The molecule has 0 saturated heterocycles. The van der Waals surface area contributed by atoms with Gasteiger partial charge in [-0.25, -0.2) is 4.98 Å². The van der Waals surface area contributed by atoms with Crippen LogP contribution in [0, 0.1) is 0 Å². The monoisotopic (exact) mass is 209 g/mol. The Bertz CT molecular complexity index is 667. The van der Waals surface area contributed by atoms with E-state index in [-0.39, 0.29) is 0 Å². The lowest BCUT2D eigenvalue weighted by molar-refractivity contribution is 1.02. The number of hydrogen-bond acceptors (Lipinski definition) is 2. The summed E-state index contributed by atoms with van der Waals surface area (Å²) in [5.74, 6) is 0. The van der Waals surface area contributed by atoms with Gasteiger partial charge in [-0.1, -0.05) is 24.3 Å². The number of hydrogen-bond donors (Lipinski definition) is 1. The van der Waals surface area contributed by atoms with Crippen LogP contribution in [0.25, 0.3) is 21.9 Å². The largest absolute Gasteiger partial charge is 0.279 e. The van der Waals surface area contributed by atoms with Crippen LogP contribution in [0.2, 0.25) is 0 Å². The maximum atomic E-state index is 4.50. The first-order valence-corrected chi connectivity index (χ1v) is 5.22. The molecule has 0 spiro atoms. The molecule has 2 heterocycles. The minimum absolute atomic E-state index is 0.774. The maximum absolute atomic E-state index is 4.50. The van der Waals surface area contributed by atoms with Crippen molar-refractivity contribution >= 4 is 21.9 Å². The van der Waals surface area contributed by atoms with Gasteiger partial charge in [0.25, 0.3) is 0 Å². The van der Waals surface area contributed by atoms with Crippen LogP contribution in [0.15, 0.2) is 43.0 Å². The minimum atomic E-state index is 0.774. The molecule has 0 unspecified atom stereocenters. The Hall–Kier alpha value is -2.16. The van der Waals surface area contributed by atoms with Gasteiger partial charge in [0, 0.05) is 22.9 Å². The first kappa shape index (κ1) is 9.09. The van der Waals surface area contributed by atoms with Crippen LogP contribution in [-0.2, 0) is 6.42 Å². The molecule has 0 saturated carbocycles. The summed E-state index contributed by atoms with van der Waals surface area (Å²) in [6.07, 6.45) is 2.65. The summed E-state index contributed by atoms with van der Waals surface area (Å²) in [6.45, 7) is 3.74. The fourth-order valence-corrected chi connectivity index (χ4v) is 1.89. The summed E-state index contributed by atoms with van der Waals surface area (Å²) in [6, 6.07) is 10.2. The molecule has 78 valence electrons. The van der Waals surface area contributed by atoms with Crippen LogP contribution in [-0.4, -0.2) is 15.2 Å². The Balaban J connectivity index is 2.35. The molecule has 3 heteroatoms. The van der Waals surface area contributed by atoms with Gasteiger partial charge >= 0.3 is 0 Å². The zero-order chi connectivity index (χ0) is 11.0. The third-order valence-corrected chi connectivity index (χ3v) is 2.67. The highest BCUT2D eigenvalue weighted by Gasteiger charge is 2.06. The zero-order valence-electron chi connectivity index (χ0n) is 8.77. The summed E-state index contributed by atoms with van der Waals surface area (Å²) in [5.41, 5.74) is 2.82. The molecule has 1 N–H and O–H groups in total. The molecule has 0 aliphatic heterocycles. The average molecular weight is 209 g/mol.